The minimum absolute atomic E-state index is 0.0495. The second-order valence-corrected chi connectivity index (χ2v) is 12.3. The van der Waals surface area contributed by atoms with Crippen molar-refractivity contribution in [1.82, 2.24) is 14.7 Å². The highest BCUT2D eigenvalue weighted by atomic mass is 16.6. The van der Waals surface area contributed by atoms with Gasteiger partial charge >= 0.3 is 0 Å². The minimum Gasteiger partial charge on any atom is -0.371 e. The molecule has 6 fully saturated rings. The van der Waals surface area contributed by atoms with Crippen LogP contribution in [-0.4, -0.2) is 148 Å². The number of epoxide rings is 6. The number of amides is 3. The molecule has 0 aliphatic carbocycles. The van der Waals surface area contributed by atoms with E-state index in [4.69, 9.17) is 28.4 Å². The molecule has 6 heterocycles. The molecular weight excluding hydrogens is 558 g/mol. The van der Waals surface area contributed by atoms with E-state index in [1.807, 2.05) is 24.3 Å². The van der Waals surface area contributed by atoms with Crippen LogP contribution < -0.4 is 0 Å². The Morgan fingerprint density at radius 3 is 1.28 bits per heavy atom. The number of hydrogen-bond donors (Lipinski definition) is 0. The molecule has 228 valence electrons. The molecule has 12 heteroatoms. The van der Waals surface area contributed by atoms with Gasteiger partial charge in [0.1, 0.15) is 0 Å². The van der Waals surface area contributed by atoms with Crippen LogP contribution in [0.25, 0.3) is 10.8 Å². The van der Waals surface area contributed by atoms with Gasteiger partial charge in [0.2, 0.25) is 0 Å². The van der Waals surface area contributed by atoms with Crippen molar-refractivity contribution in [3.63, 3.8) is 0 Å². The molecule has 0 saturated carbocycles. The molecule has 6 saturated heterocycles. The summed E-state index contributed by atoms with van der Waals surface area (Å²) in [6.07, 6.45) is -0.361. The average molecular weight is 594 g/mol. The number of fused-ring (bicyclic) bond motifs is 1. The van der Waals surface area contributed by atoms with Crippen molar-refractivity contribution >= 4 is 28.5 Å². The SMILES string of the molecule is O=C(c1cc2ccccc2c(C(=O)N(CC2CO2)CC2CO2)c1C(=O)N(CC1CO1)CC1CO1)N(CC1CO1)CC1CO1. The van der Waals surface area contributed by atoms with Gasteiger partial charge in [-0.2, -0.15) is 0 Å². The summed E-state index contributed by atoms with van der Waals surface area (Å²) in [7, 11) is 0. The van der Waals surface area contributed by atoms with Gasteiger partial charge in [-0.3, -0.25) is 14.4 Å². The van der Waals surface area contributed by atoms with Crippen LogP contribution in [-0.2, 0) is 28.4 Å². The van der Waals surface area contributed by atoms with Gasteiger partial charge in [0.05, 0.1) is 93.0 Å². The summed E-state index contributed by atoms with van der Waals surface area (Å²) < 4.78 is 32.9. The Balaban J connectivity index is 1.26. The van der Waals surface area contributed by atoms with E-state index in [1.54, 1.807) is 20.8 Å². The molecule has 6 unspecified atom stereocenters. The second kappa shape index (κ2) is 11.1. The number of ether oxygens (including phenoxy) is 6. The lowest BCUT2D eigenvalue weighted by atomic mass is 9.91. The van der Waals surface area contributed by atoms with E-state index in [0.29, 0.717) is 89.7 Å². The number of benzene rings is 2. The van der Waals surface area contributed by atoms with Crippen LogP contribution in [0.1, 0.15) is 31.1 Å². The number of hydrogen-bond acceptors (Lipinski definition) is 9. The molecule has 12 nitrogen and oxygen atoms in total. The van der Waals surface area contributed by atoms with Crippen LogP contribution in [0.3, 0.4) is 0 Å². The molecule has 6 atom stereocenters. The topological polar surface area (TPSA) is 136 Å². The van der Waals surface area contributed by atoms with Gasteiger partial charge in [-0.25, -0.2) is 0 Å². The van der Waals surface area contributed by atoms with Crippen LogP contribution in [0.2, 0.25) is 0 Å². The Morgan fingerprint density at radius 1 is 0.535 bits per heavy atom. The van der Waals surface area contributed by atoms with E-state index in [1.165, 1.54) is 0 Å². The first-order valence-electron chi connectivity index (χ1n) is 15.1. The summed E-state index contributed by atoms with van der Waals surface area (Å²) >= 11 is 0. The van der Waals surface area contributed by atoms with Crippen molar-refractivity contribution in [2.45, 2.75) is 36.6 Å². The largest absolute Gasteiger partial charge is 0.371 e. The molecule has 0 bridgehead atoms. The maximum Gasteiger partial charge on any atom is 0.255 e. The fourth-order valence-electron chi connectivity index (χ4n) is 5.68. The van der Waals surface area contributed by atoms with E-state index in [9.17, 15) is 14.4 Å². The van der Waals surface area contributed by atoms with Crippen molar-refractivity contribution in [3.8, 4) is 0 Å². The predicted octanol–water partition coefficient (Wildman–Crippen LogP) is 0.559. The molecular formula is C31H35N3O9. The van der Waals surface area contributed by atoms with Crippen molar-refractivity contribution in [3.05, 3.63) is 47.0 Å². The van der Waals surface area contributed by atoms with Crippen molar-refractivity contribution < 1.29 is 42.8 Å². The van der Waals surface area contributed by atoms with Gasteiger partial charge in [-0.1, -0.05) is 24.3 Å². The third kappa shape index (κ3) is 6.54. The summed E-state index contributed by atoms with van der Waals surface area (Å²) in [5.41, 5.74) is 0.556. The molecule has 2 aromatic carbocycles. The molecule has 2 aromatic rings. The van der Waals surface area contributed by atoms with E-state index < -0.39 is 0 Å². The van der Waals surface area contributed by atoms with Gasteiger partial charge in [-0.15, -0.1) is 0 Å². The van der Waals surface area contributed by atoms with Gasteiger partial charge in [0.25, 0.3) is 17.7 Å². The van der Waals surface area contributed by atoms with Gasteiger partial charge in [-0.05, 0) is 16.8 Å². The Morgan fingerprint density at radius 2 is 0.884 bits per heavy atom. The number of carbonyl (C=O) groups excluding carboxylic acids is 3. The van der Waals surface area contributed by atoms with E-state index in [0.717, 1.165) is 0 Å². The predicted molar refractivity (Wildman–Crippen MR) is 150 cm³/mol. The molecule has 3 amide bonds. The van der Waals surface area contributed by atoms with Gasteiger partial charge in [0, 0.05) is 39.3 Å². The minimum atomic E-state index is -0.376. The zero-order valence-electron chi connectivity index (χ0n) is 23.9. The molecule has 0 aromatic heterocycles. The molecule has 6 aliphatic heterocycles. The summed E-state index contributed by atoms with van der Waals surface area (Å²) in [5, 5.41) is 1.34. The maximum atomic E-state index is 14.7. The zero-order valence-corrected chi connectivity index (χ0v) is 23.9. The molecule has 0 radical (unpaired) electrons. The zero-order chi connectivity index (χ0) is 29.1. The summed E-state index contributed by atoms with van der Waals surface area (Å²) in [6, 6.07) is 9.20. The Kier molecular flexibility index (Phi) is 7.08. The highest BCUT2D eigenvalue weighted by molar-refractivity contribution is 6.20. The lowest BCUT2D eigenvalue weighted by Crippen LogP contribution is -2.43. The average Bonchev–Trinajstić information content (AvgIpc) is 3.80. The first-order chi connectivity index (χ1) is 21.0. The number of nitrogens with zero attached hydrogens (tertiary/aromatic N) is 3. The summed E-state index contributed by atoms with van der Waals surface area (Å²) in [4.78, 5) is 49.0. The first-order valence-corrected chi connectivity index (χ1v) is 15.1. The van der Waals surface area contributed by atoms with Crippen LogP contribution >= 0.6 is 0 Å². The quantitative estimate of drug-likeness (QED) is 0.271. The summed E-state index contributed by atoms with van der Waals surface area (Å²) in [5.74, 6) is -1.01. The van der Waals surface area contributed by atoms with E-state index in [2.05, 4.69) is 0 Å². The van der Waals surface area contributed by atoms with Crippen LogP contribution in [0, 0.1) is 0 Å². The Hall–Kier alpha value is -3.13. The van der Waals surface area contributed by atoms with Gasteiger partial charge < -0.3 is 43.1 Å². The number of rotatable bonds is 15. The second-order valence-electron chi connectivity index (χ2n) is 12.3. The van der Waals surface area contributed by atoms with Crippen molar-refractivity contribution in [2.24, 2.45) is 0 Å². The highest BCUT2D eigenvalue weighted by Crippen LogP contribution is 2.33. The maximum absolute atomic E-state index is 14.7. The smallest absolute Gasteiger partial charge is 0.255 e. The highest BCUT2D eigenvalue weighted by Gasteiger charge is 2.41. The van der Waals surface area contributed by atoms with Crippen LogP contribution in [0.15, 0.2) is 30.3 Å². The van der Waals surface area contributed by atoms with Gasteiger partial charge in [0.15, 0.2) is 0 Å². The van der Waals surface area contributed by atoms with Crippen LogP contribution in [0.5, 0.6) is 0 Å². The molecule has 8 rings (SSSR count). The lowest BCUT2D eigenvalue weighted by Gasteiger charge is -2.29. The molecule has 0 N–H and O–H groups in total. The molecule has 6 aliphatic rings. The Bertz CT molecular complexity index is 1390. The van der Waals surface area contributed by atoms with E-state index in [-0.39, 0.29) is 71.0 Å². The van der Waals surface area contributed by atoms with Crippen molar-refractivity contribution in [1.29, 1.82) is 0 Å². The third-order valence-corrected chi connectivity index (χ3v) is 8.53. The fraction of sp³-hybridized carbons (Fsp3) is 0.581. The monoisotopic (exact) mass is 593 g/mol. The van der Waals surface area contributed by atoms with Crippen molar-refractivity contribution in [2.75, 3.05) is 78.9 Å². The first kappa shape index (κ1) is 27.4. The number of carbonyl (C=O) groups is 3. The Labute approximate surface area is 248 Å². The standard InChI is InChI=1S/C31H35N3O9/c35-29(32(6-19-12-38-19)7-20-13-39-20)26-5-18-3-1-2-4-25(18)27(30(36)33(8-21-14-40-21)9-22-15-41-22)28(26)31(37)34(10-23-16-42-23)11-24-17-43-24/h1-5,19-24H,6-17H2. The van der Waals surface area contributed by atoms with E-state index >= 15 is 0 Å². The lowest BCUT2D eigenvalue weighted by molar-refractivity contribution is 0.0675. The normalized spacial score (nSPS) is 29.1. The molecule has 0 spiro atoms. The van der Waals surface area contributed by atoms with Crippen LogP contribution in [0.4, 0.5) is 0 Å². The summed E-state index contributed by atoms with van der Waals surface area (Å²) in [6.45, 7) is 5.74. The fourth-order valence-corrected chi connectivity index (χ4v) is 5.68. The third-order valence-electron chi connectivity index (χ3n) is 8.53. The molecule has 43 heavy (non-hydrogen) atoms.